The van der Waals surface area contributed by atoms with Crippen molar-refractivity contribution in [2.45, 2.75) is 26.4 Å². The molecule has 0 radical (unpaired) electrons. The van der Waals surface area contributed by atoms with Gasteiger partial charge < -0.3 is 14.5 Å². The number of hydrogen-bond donors (Lipinski definition) is 1. The highest BCUT2D eigenvalue weighted by molar-refractivity contribution is 5.94. The normalized spacial score (nSPS) is 10.8. The van der Waals surface area contributed by atoms with Gasteiger partial charge in [-0.3, -0.25) is 9.59 Å². The number of carbonyl (C=O) groups is 2. The number of nitrogens with one attached hydrogen (secondary N) is 1. The molecule has 1 N–H and O–H groups in total. The summed E-state index contributed by atoms with van der Waals surface area (Å²) in [6.07, 6.45) is 1.48. The predicted molar refractivity (Wildman–Crippen MR) is 99.4 cm³/mol. The van der Waals surface area contributed by atoms with E-state index in [1.165, 1.54) is 0 Å². The summed E-state index contributed by atoms with van der Waals surface area (Å²) >= 11 is 0. The van der Waals surface area contributed by atoms with E-state index >= 15 is 0 Å². The van der Waals surface area contributed by atoms with E-state index in [0.717, 1.165) is 5.69 Å². The highest BCUT2D eigenvalue weighted by Crippen LogP contribution is 2.22. The minimum absolute atomic E-state index is 0.106. The number of esters is 1. The van der Waals surface area contributed by atoms with Crippen LogP contribution in [0.4, 0.5) is 0 Å². The van der Waals surface area contributed by atoms with Crippen molar-refractivity contribution in [2.24, 2.45) is 0 Å². The number of para-hydroxylation sites is 1. The van der Waals surface area contributed by atoms with Gasteiger partial charge in [-0.25, -0.2) is 4.68 Å². The van der Waals surface area contributed by atoms with Crippen LogP contribution in [-0.4, -0.2) is 34.3 Å². The molecule has 0 saturated carbocycles. The van der Waals surface area contributed by atoms with Gasteiger partial charge in [0.2, 0.25) is 0 Å². The second kappa shape index (κ2) is 8.35. The molecule has 27 heavy (non-hydrogen) atoms. The van der Waals surface area contributed by atoms with E-state index in [1.807, 2.05) is 30.3 Å². The number of furan rings is 1. The maximum absolute atomic E-state index is 12.7. The van der Waals surface area contributed by atoms with Crippen LogP contribution in [0, 0.1) is 0 Å². The van der Waals surface area contributed by atoms with Crippen LogP contribution in [-0.2, 0) is 9.53 Å². The van der Waals surface area contributed by atoms with Crippen LogP contribution >= 0.6 is 0 Å². The maximum atomic E-state index is 12.7. The molecule has 0 unspecified atom stereocenters. The van der Waals surface area contributed by atoms with Gasteiger partial charge in [0.05, 0.1) is 24.5 Å². The summed E-state index contributed by atoms with van der Waals surface area (Å²) in [6, 6.07) is 14.5. The predicted octanol–water partition coefficient (Wildman–Crippen LogP) is 3.20. The molecule has 1 aromatic carbocycles. The fraction of sp³-hybridized carbons (Fsp3) is 0.250. The van der Waals surface area contributed by atoms with Crippen molar-refractivity contribution in [1.29, 1.82) is 0 Å². The van der Waals surface area contributed by atoms with E-state index in [9.17, 15) is 9.59 Å². The molecule has 1 amide bonds. The second-order valence-corrected chi connectivity index (χ2v) is 6.18. The van der Waals surface area contributed by atoms with Crippen molar-refractivity contribution < 1.29 is 18.7 Å². The van der Waals surface area contributed by atoms with Crippen LogP contribution in [0.5, 0.6) is 0 Å². The monoisotopic (exact) mass is 367 g/mol. The van der Waals surface area contributed by atoms with Gasteiger partial charge in [-0.1, -0.05) is 18.2 Å². The number of nitrogens with zero attached hydrogens (tertiary/aromatic N) is 2. The van der Waals surface area contributed by atoms with Gasteiger partial charge in [-0.15, -0.1) is 0 Å². The maximum Gasteiger partial charge on any atom is 0.307 e. The van der Waals surface area contributed by atoms with Gasteiger partial charge in [0.1, 0.15) is 11.4 Å². The molecular formula is C20H21N3O4. The molecule has 3 aromatic rings. The number of amides is 1. The molecule has 0 bridgehead atoms. The van der Waals surface area contributed by atoms with Crippen LogP contribution in [0.15, 0.2) is 59.2 Å². The highest BCUT2D eigenvalue weighted by atomic mass is 16.5. The Morgan fingerprint density at radius 2 is 1.96 bits per heavy atom. The Kier molecular flexibility index (Phi) is 5.71. The zero-order valence-electron chi connectivity index (χ0n) is 15.2. The summed E-state index contributed by atoms with van der Waals surface area (Å²) in [4.78, 5) is 24.3. The van der Waals surface area contributed by atoms with E-state index in [1.54, 1.807) is 43.0 Å². The summed E-state index contributed by atoms with van der Waals surface area (Å²) in [5, 5.41) is 7.24. The molecule has 2 aromatic heterocycles. The Labute approximate surface area is 156 Å². The van der Waals surface area contributed by atoms with Gasteiger partial charge in [0, 0.05) is 12.6 Å². The van der Waals surface area contributed by atoms with Crippen molar-refractivity contribution in [3.05, 3.63) is 60.5 Å². The number of ether oxygens (including phenoxy) is 1. The van der Waals surface area contributed by atoms with E-state index < -0.39 is 0 Å². The zero-order valence-corrected chi connectivity index (χ0v) is 15.2. The molecule has 0 fully saturated rings. The van der Waals surface area contributed by atoms with Crippen LogP contribution in [0.3, 0.4) is 0 Å². The smallest absolute Gasteiger partial charge is 0.307 e. The highest BCUT2D eigenvalue weighted by Gasteiger charge is 2.19. The molecule has 0 spiro atoms. The quantitative estimate of drug-likeness (QED) is 0.648. The van der Waals surface area contributed by atoms with Gasteiger partial charge in [-0.05, 0) is 38.1 Å². The summed E-state index contributed by atoms with van der Waals surface area (Å²) in [6.45, 7) is 3.75. The average molecular weight is 367 g/mol. The number of carbonyl (C=O) groups excluding carboxylic acids is 2. The molecule has 7 heteroatoms. The molecule has 0 saturated heterocycles. The standard InChI is InChI=1S/C20H21N3O4/c1-14(2)27-19(24)10-11-21-20(25)17-13-16(18-9-6-12-26-18)22-23(17)15-7-4-3-5-8-15/h3-9,12-14H,10-11H2,1-2H3,(H,21,25). The van der Waals surface area contributed by atoms with Gasteiger partial charge in [-0.2, -0.15) is 5.10 Å². The Morgan fingerprint density at radius 3 is 2.63 bits per heavy atom. The first kappa shape index (κ1) is 18.4. The minimum Gasteiger partial charge on any atom is -0.463 e. The van der Waals surface area contributed by atoms with Gasteiger partial charge in [0.15, 0.2) is 5.76 Å². The Hall–Kier alpha value is -3.35. The van der Waals surface area contributed by atoms with Crippen LogP contribution in [0.1, 0.15) is 30.8 Å². The summed E-state index contributed by atoms with van der Waals surface area (Å²) in [5.41, 5.74) is 1.65. The largest absolute Gasteiger partial charge is 0.463 e. The Bertz CT molecular complexity index is 899. The molecule has 3 rings (SSSR count). The lowest BCUT2D eigenvalue weighted by Gasteiger charge is -2.09. The summed E-state index contributed by atoms with van der Waals surface area (Å²) in [5.74, 6) is -0.112. The van der Waals surface area contributed by atoms with Crippen molar-refractivity contribution in [2.75, 3.05) is 6.54 Å². The summed E-state index contributed by atoms with van der Waals surface area (Å²) in [7, 11) is 0. The van der Waals surface area contributed by atoms with Crippen molar-refractivity contribution >= 4 is 11.9 Å². The van der Waals surface area contributed by atoms with Gasteiger partial charge in [0.25, 0.3) is 5.91 Å². The van der Waals surface area contributed by atoms with Crippen molar-refractivity contribution in [3.8, 4) is 17.1 Å². The van der Waals surface area contributed by atoms with E-state index in [0.29, 0.717) is 17.1 Å². The SMILES string of the molecule is CC(C)OC(=O)CCNC(=O)c1cc(-c2ccco2)nn1-c1ccccc1. The van der Waals surface area contributed by atoms with E-state index in [4.69, 9.17) is 9.15 Å². The minimum atomic E-state index is -0.349. The summed E-state index contributed by atoms with van der Waals surface area (Å²) < 4.78 is 12.0. The number of benzene rings is 1. The molecule has 0 aliphatic rings. The second-order valence-electron chi connectivity index (χ2n) is 6.18. The van der Waals surface area contributed by atoms with Crippen molar-refractivity contribution in [1.82, 2.24) is 15.1 Å². The fourth-order valence-electron chi connectivity index (χ4n) is 2.54. The fourth-order valence-corrected chi connectivity index (χ4v) is 2.54. The molecule has 7 nitrogen and oxygen atoms in total. The van der Waals surface area contributed by atoms with Crippen LogP contribution in [0.2, 0.25) is 0 Å². The zero-order chi connectivity index (χ0) is 19.2. The first-order chi connectivity index (χ1) is 13.0. The van der Waals surface area contributed by atoms with Gasteiger partial charge >= 0.3 is 5.97 Å². The molecule has 0 aliphatic heterocycles. The lowest BCUT2D eigenvalue weighted by molar-refractivity contribution is -0.147. The number of rotatable bonds is 7. The third-order valence-electron chi connectivity index (χ3n) is 3.70. The molecule has 140 valence electrons. The first-order valence-electron chi connectivity index (χ1n) is 8.71. The van der Waals surface area contributed by atoms with Crippen molar-refractivity contribution in [3.63, 3.8) is 0 Å². The average Bonchev–Trinajstić information content (AvgIpc) is 3.31. The number of hydrogen-bond acceptors (Lipinski definition) is 5. The molecular weight excluding hydrogens is 346 g/mol. The Balaban J connectivity index is 1.79. The van der Waals surface area contributed by atoms with E-state index in [2.05, 4.69) is 10.4 Å². The first-order valence-corrected chi connectivity index (χ1v) is 8.71. The van der Waals surface area contributed by atoms with E-state index in [-0.39, 0.29) is 30.9 Å². The topological polar surface area (TPSA) is 86.4 Å². The molecule has 0 aliphatic carbocycles. The number of aromatic nitrogens is 2. The third kappa shape index (κ3) is 4.63. The Morgan fingerprint density at radius 1 is 1.19 bits per heavy atom. The molecule has 2 heterocycles. The third-order valence-corrected chi connectivity index (χ3v) is 3.70. The van der Waals surface area contributed by atoms with Crippen LogP contribution < -0.4 is 5.32 Å². The van der Waals surface area contributed by atoms with Crippen LogP contribution in [0.25, 0.3) is 17.1 Å². The lowest BCUT2D eigenvalue weighted by Crippen LogP contribution is -2.28. The lowest BCUT2D eigenvalue weighted by atomic mass is 10.2. The molecule has 0 atom stereocenters.